The predicted molar refractivity (Wildman–Crippen MR) is 181 cm³/mol. The van der Waals surface area contributed by atoms with Crippen LogP contribution in [0.2, 0.25) is 10.0 Å². The van der Waals surface area contributed by atoms with Crippen LogP contribution in [0.3, 0.4) is 0 Å². The van der Waals surface area contributed by atoms with E-state index in [0.29, 0.717) is 22.2 Å². The molecule has 0 saturated carbocycles. The number of nitrogens with zero attached hydrogens (tertiary/aromatic N) is 2. The molecule has 7 nitrogen and oxygen atoms in total. The van der Waals surface area contributed by atoms with Crippen molar-refractivity contribution in [3.8, 4) is 0 Å². The third kappa shape index (κ3) is 9.10. The van der Waals surface area contributed by atoms with Gasteiger partial charge in [0.15, 0.2) is 0 Å². The minimum Gasteiger partial charge on any atom is -0.354 e. The number of hydrogen-bond acceptors (Lipinski definition) is 4. The highest BCUT2D eigenvalue weighted by molar-refractivity contribution is 7.92. The van der Waals surface area contributed by atoms with Gasteiger partial charge in [0.25, 0.3) is 10.0 Å². The molecule has 4 rings (SSSR count). The molecule has 0 saturated heterocycles. The van der Waals surface area contributed by atoms with Crippen LogP contribution in [-0.4, -0.2) is 44.3 Å². The van der Waals surface area contributed by atoms with Gasteiger partial charge in [-0.2, -0.15) is 0 Å². The van der Waals surface area contributed by atoms with E-state index in [0.717, 1.165) is 28.3 Å². The van der Waals surface area contributed by atoms with Gasteiger partial charge in [-0.1, -0.05) is 103 Å². The second-order valence-corrected chi connectivity index (χ2v) is 13.5. The summed E-state index contributed by atoms with van der Waals surface area (Å²) in [4.78, 5) is 29.8. The highest BCUT2D eigenvalue weighted by Crippen LogP contribution is 2.29. The van der Waals surface area contributed by atoms with Crippen molar-refractivity contribution in [1.29, 1.82) is 0 Å². The van der Waals surface area contributed by atoms with Crippen LogP contribution >= 0.6 is 23.2 Å². The zero-order valence-electron chi connectivity index (χ0n) is 25.3. The lowest BCUT2D eigenvalue weighted by Crippen LogP contribution is -2.53. The van der Waals surface area contributed by atoms with Crippen molar-refractivity contribution in [2.45, 2.75) is 50.6 Å². The van der Waals surface area contributed by atoms with Crippen LogP contribution < -0.4 is 9.62 Å². The number of nitrogens with one attached hydrogen (secondary N) is 1. The summed E-state index contributed by atoms with van der Waals surface area (Å²) in [5, 5.41) is 3.83. The van der Waals surface area contributed by atoms with E-state index < -0.39 is 28.5 Å². The molecule has 236 valence electrons. The zero-order chi connectivity index (χ0) is 32.4. The van der Waals surface area contributed by atoms with Gasteiger partial charge in [-0.15, -0.1) is 0 Å². The molecule has 0 fully saturated rings. The Hall–Kier alpha value is -3.85. The summed E-state index contributed by atoms with van der Waals surface area (Å²) in [6, 6.07) is 28.3. The number of rotatable bonds is 14. The molecule has 1 atom stereocenters. The van der Waals surface area contributed by atoms with Gasteiger partial charge in [0.2, 0.25) is 11.8 Å². The first kappa shape index (κ1) is 34.0. The van der Waals surface area contributed by atoms with E-state index >= 15 is 0 Å². The van der Waals surface area contributed by atoms with Gasteiger partial charge in [-0.3, -0.25) is 13.9 Å². The molecule has 0 heterocycles. The van der Waals surface area contributed by atoms with Crippen molar-refractivity contribution in [3.05, 3.63) is 130 Å². The topological polar surface area (TPSA) is 86.8 Å². The SMILES string of the molecule is CCCCNC(=O)[C@@H](Cc1ccccc1)N(Cc1cccc(Cl)c1)C(=O)CN(c1ccc(C)c(Cl)c1)S(=O)(=O)c1ccccc1. The molecule has 4 aromatic rings. The number of benzene rings is 4. The summed E-state index contributed by atoms with van der Waals surface area (Å²) in [6.45, 7) is 3.76. The monoisotopic (exact) mass is 665 g/mol. The summed E-state index contributed by atoms with van der Waals surface area (Å²) < 4.78 is 29.2. The summed E-state index contributed by atoms with van der Waals surface area (Å²) >= 11 is 12.7. The molecule has 1 N–H and O–H groups in total. The van der Waals surface area contributed by atoms with Crippen LogP contribution in [-0.2, 0) is 32.6 Å². The number of carbonyl (C=O) groups excluding carboxylic acids is 2. The smallest absolute Gasteiger partial charge is 0.264 e. The molecule has 0 aromatic heterocycles. The molecule has 0 aliphatic carbocycles. The standard InChI is InChI=1S/C35H37Cl2N3O4S/c1-3-4-20-38-35(42)33(22-27-12-7-5-8-13-27)39(24-28-14-11-15-29(36)21-28)34(41)25-40(30-19-18-26(2)32(37)23-30)45(43,44)31-16-9-6-10-17-31/h5-19,21,23,33H,3-4,20,22,24-25H2,1-2H3,(H,38,42)/t33-/m1/s1. The number of sulfonamides is 1. The van der Waals surface area contributed by atoms with Crippen LogP contribution in [0.1, 0.15) is 36.5 Å². The van der Waals surface area contributed by atoms with Crippen LogP contribution in [0.15, 0.2) is 108 Å². The van der Waals surface area contributed by atoms with Gasteiger partial charge in [-0.25, -0.2) is 8.42 Å². The van der Waals surface area contributed by atoms with Crippen molar-refractivity contribution in [1.82, 2.24) is 10.2 Å². The van der Waals surface area contributed by atoms with Gasteiger partial charge in [0, 0.05) is 29.6 Å². The van der Waals surface area contributed by atoms with Crippen molar-refractivity contribution in [2.75, 3.05) is 17.4 Å². The second-order valence-electron chi connectivity index (χ2n) is 10.8. The molecule has 0 aliphatic rings. The number of halogens is 2. The highest BCUT2D eigenvalue weighted by atomic mass is 35.5. The maximum Gasteiger partial charge on any atom is 0.264 e. The van der Waals surface area contributed by atoms with E-state index in [-0.39, 0.29) is 29.5 Å². The summed E-state index contributed by atoms with van der Waals surface area (Å²) in [5.41, 5.74) is 2.55. The van der Waals surface area contributed by atoms with Gasteiger partial charge in [-0.05, 0) is 66.4 Å². The Morgan fingerprint density at radius 2 is 1.51 bits per heavy atom. The molecule has 0 aliphatic heterocycles. The first-order valence-electron chi connectivity index (χ1n) is 14.8. The first-order chi connectivity index (χ1) is 21.6. The van der Waals surface area contributed by atoms with Crippen LogP contribution in [0.5, 0.6) is 0 Å². The van der Waals surface area contributed by atoms with Gasteiger partial charge >= 0.3 is 0 Å². The predicted octanol–water partition coefficient (Wildman–Crippen LogP) is 7.05. The molecule has 0 spiro atoms. The van der Waals surface area contributed by atoms with Crippen molar-refractivity contribution < 1.29 is 18.0 Å². The van der Waals surface area contributed by atoms with E-state index in [9.17, 15) is 18.0 Å². The average Bonchev–Trinajstić information content (AvgIpc) is 3.03. The summed E-state index contributed by atoms with van der Waals surface area (Å²) in [5.74, 6) is -0.878. The number of unbranched alkanes of at least 4 members (excludes halogenated alkanes) is 1. The Balaban J connectivity index is 1.80. The Labute approximate surface area is 275 Å². The maximum absolute atomic E-state index is 14.5. The summed E-state index contributed by atoms with van der Waals surface area (Å²) in [7, 11) is -4.21. The molecule has 0 radical (unpaired) electrons. The maximum atomic E-state index is 14.5. The highest BCUT2D eigenvalue weighted by Gasteiger charge is 2.34. The lowest BCUT2D eigenvalue weighted by atomic mass is 10.0. The molecule has 45 heavy (non-hydrogen) atoms. The van der Waals surface area contributed by atoms with Gasteiger partial charge < -0.3 is 10.2 Å². The van der Waals surface area contributed by atoms with E-state index in [1.165, 1.54) is 23.1 Å². The zero-order valence-corrected chi connectivity index (χ0v) is 27.7. The van der Waals surface area contributed by atoms with E-state index in [2.05, 4.69) is 5.32 Å². The Morgan fingerprint density at radius 1 is 0.844 bits per heavy atom. The fourth-order valence-corrected chi connectivity index (χ4v) is 6.69. The molecule has 0 unspecified atom stereocenters. The Bertz CT molecular complexity index is 1700. The van der Waals surface area contributed by atoms with Crippen molar-refractivity contribution in [3.63, 3.8) is 0 Å². The Kier molecular flexibility index (Phi) is 12.0. The fraction of sp³-hybridized carbons (Fsp3) is 0.257. The second kappa shape index (κ2) is 15.9. The minimum absolute atomic E-state index is 0.0223. The quantitative estimate of drug-likeness (QED) is 0.146. The summed E-state index contributed by atoms with van der Waals surface area (Å²) in [6.07, 6.45) is 1.90. The van der Waals surface area contributed by atoms with Crippen molar-refractivity contribution in [2.24, 2.45) is 0 Å². The van der Waals surface area contributed by atoms with Crippen LogP contribution in [0, 0.1) is 6.92 Å². The number of aryl methyl sites for hydroxylation is 1. The first-order valence-corrected chi connectivity index (χ1v) is 17.0. The fourth-order valence-electron chi connectivity index (χ4n) is 4.88. The third-order valence-electron chi connectivity index (χ3n) is 7.40. The van der Waals surface area contributed by atoms with Gasteiger partial charge in [0.1, 0.15) is 12.6 Å². The molecule has 0 bridgehead atoms. The lowest BCUT2D eigenvalue weighted by Gasteiger charge is -2.34. The molecular formula is C35H37Cl2N3O4S. The third-order valence-corrected chi connectivity index (χ3v) is 9.83. The number of amides is 2. The largest absolute Gasteiger partial charge is 0.354 e. The normalized spacial score (nSPS) is 11.9. The van der Waals surface area contributed by atoms with Crippen LogP contribution in [0.4, 0.5) is 5.69 Å². The number of carbonyl (C=O) groups is 2. The molecule has 2 amide bonds. The molecule has 4 aromatic carbocycles. The Morgan fingerprint density at radius 3 is 2.16 bits per heavy atom. The molecule has 10 heteroatoms. The number of anilines is 1. The lowest BCUT2D eigenvalue weighted by molar-refractivity contribution is -0.140. The van der Waals surface area contributed by atoms with Crippen molar-refractivity contribution >= 4 is 50.7 Å². The average molecular weight is 667 g/mol. The number of hydrogen-bond donors (Lipinski definition) is 1. The van der Waals surface area contributed by atoms with E-state index in [1.807, 2.05) is 50.2 Å². The van der Waals surface area contributed by atoms with Crippen LogP contribution in [0.25, 0.3) is 0 Å². The van der Waals surface area contributed by atoms with Gasteiger partial charge in [0.05, 0.1) is 10.6 Å². The van der Waals surface area contributed by atoms with E-state index in [4.69, 9.17) is 23.2 Å². The van der Waals surface area contributed by atoms with E-state index in [1.54, 1.807) is 48.5 Å². The molecular weight excluding hydrogens is 629 g/mol. The minimum atomic E-state index is -4.21.